The number of para-hydroxylation sites is 2. The summed E-state index contributed by atoms with van der Waals surface area (Å²) in [4.78, 5) is 19.5. The van der Waals surface area contributed by atoms with Gasteiger partial charge in [0.25, 0.3) is 0 Å². The molecule has 0 saturated heterocycles. The molecule has 0 spiro atoms. The molecular weight excluding hydrogens is 402 g/mol. The summed E-state index contributed by atoms with van der Waals surface area (Å²) in [5, 5.41) is 19.7. The lowest BCUT2D eigenvalue weighted by Crippen LogP contribution is -2.12. The number of nitrogens with zero attached hydrogens (tertiary/aromatic N) is 2. The molecule has 0 aliphatic rings. The normalized spacial score (nSPS) is 11.4. The summed E-state index contributed by atoms with van der Waals surface area (Å²) in [6.07, 6.45) is -0.101. The van der Waals surface area contributed by atoms with Gasteiger partial charge in [-0.25, -0.2) is 4.98 Å². The molecule has 3 aromatic rings. The minimum absolute atomic E-state index is 0.100. The number of aliphatic hydroxyl groups excluding tert-OH is 1. The van der Waals surface area contributed by atoms with Crippen LogP contribution in [0.25, 0.3) is 16.6 Å². The van der Waals surface area contributed by atoms with Gasteiger partial charge in [-0.3, -0.25) is 4.79 Å². The van der Waals surface area contributed by atoms with Crippen molar-refractivity contribution in [1.82, 2.24) is 9.97 Å². The van der Waals surface area contributed by atoms with Crippen LogP contribution in [0.3, 0.4) is 0 Å². The van der Waals surface area contributed by atoms with Gasteiger partial charge < -0.3 is 29.0 Å². The minimum Gasteiger partial charge on any atom is -0.507 e. The van der Waals surface area contributed by atoms with Crippen molar-refractivity contribution in [3.05, 3.63) is 53.5 Å². The smallest absolute Gasteiger partial charge is 0.310 e. The molecular formula is C22H21N3O6. The number of nitriles is 1. The summed E-state index contributed by atoms with van der Waals surface area (Å²) in [5.74, 6) is 0.407. The topological polar surface area (TPSA) is 127 Å². The van der Waals surface area contributed by atoms with Gasteiger partial charge in [0.1, 0.15) is 18.2 Å². The summed E-state index contributed by atoms with van der Waals surface area (Å²) < 4.78 is 20.9. The zero-order valence-electron chi connectivity index (χ0n) is 17.3. The highest BCUT2D eigenvalue weighted by Crippen LogP contribution is 2.38. The molecule has 0 saturated carbocycles. The highest BCUT2D eigenvalue weighted by Gasteiger charge is 2.17. The van der Waals surface area contributed by atoms with Crippen LogP contribution in [0.5, 0.6) is 17.2 Å². The van der Waals surface area contributed by atoms with Gasteiger partial charge >= 0.3 is 5.97 Å². The Kier molecular flexibility index (Phi) is 6.62. The predicted octanol–water partition coefficient (Wildman–Crippen LogP) is 3.17. The van der Waals surface area contributed by atoms with Gasteiger partial charge in [0.2, 0.25) is 5.75 Å². The molecule has 0 amide bonds. The molecule has 160 valence electrons. The number of allylic oxidation sites excluding steroid dienone is 1. The fourth-order valence-corrected chi connectivity index (χ4v) is 3.00. The van der Waals surface area contributed by atoms with Gasteiger partial charge in [-0.05, 0) is 29.8 Å². The molecule has 2 aromatic carbocycles. The van der Waals surface area contributed by atoms with Gasteiger partial charge in [0, 0.05) is 0 Å². The van der Waals surface area contributed by atoms with Crippen LogP contribution in [0.1, 0.15) is 11.4 Å². The second kappa shape index (κ2) is 9.54. The Hall–Kier alpha value is -4.19. The number of aromatic nitrogens is 2. The number of imidazole rings is 1. The van der Waals surface area contributed by atoms with Crippen molar-refractivity contribution in [3.8, 4) is 23.3 Å². The molecule has 0 radical (unpaired) electrons. The Morgan fingerprint density at radius 3 is 2.39 bits per heavy atom. The van der Waals surface area contributed by atoms with Crippen molar-refractivity contribution < 1.29 is 28.8 Å². The monoisotopic (exact) mass is 423 g/mol. The molecule has 3 rings (SSSR count). The number of hydrogen-bond acceptors (Lipinski definition) is 8. The fourth-order valence-electron chi connectivity index (χ4n) is 3.00. The number of rotatable bonds is 8. The number of methoxy groups -OCH3 is 3. The van der Waals surface area contributed by atoms with E-state index in [1.54, 1.807) is 24.3 Å². The number of fused-ring (bicyclic) bond motifs is 1. The van der Waals surface area contributed by atoms with Gasteiger partial charge in [0.15, 0.2) is 23.1 Å². The van der Waals surface area contributed by atoms with Crippen LogP contribution < -0.4 is 14.2 Å². The Balaban J connectivity index is 1.73. The van der Waals surface area contributed by atoms with Crippen LogP contribution in [-0.2, 0) is 16.0 Å². The minimum atomic E-state index is -0.609. The number of carbonyl (C=O) groups is 1. The fraction of sp³-hybridized carbons (Fsp3) is 0.227. The zero-order valence-corrected chi connectivity index (χ0v) is 17.3. The third-order valence-electron chi connectivity index (χ3n) is 4.47. The lowest BCUT2D eigenvalue weighted by molar-refractivity contribution is -0.142. The first-order valence-electron chi connectivity index (χ1n) is 9.22. The first kappa shape index (κ1) is 21.5. The van der Waals surface area contributed by atoms with E-state index in [0.717, 1.165) is 5.52 Å². The second-order valence-electron chi connectivity index (χ2n) is 6.41. The quantitative estimate of drug-likeness (QED) is 0.321. The van der Waals surface area contributed by atoms with Crippen molar-refractivity contribution in [2.45, 2.75) is 6.42 Å². The Labute approximate surface area is 178 Å². The molecule has 9 heteroatoms. The summed E-state index contributed by atoms with van der Waals surface area (Å²) >= 11 is 0. The number of aliphatic hydroxyl groups is 1. The van der Waals surface area contributed by atoms with Gasteiger partial charge in [-0.2, -0.15) is 5.26 Å². The lowest BCUT2D eigenvalue weighted by atomic mass is 10.1. The first-order chi connectivity index (χ1) is 15.0. The number of H-pyrrole nitrogens is 1. The van der Waals surface area contributed by atoms with Crippen molar-refractivity contribution in [2.75, 3.05) is 27.9 Å². The molecule has 0 fully saturated rings. The molecule has 0 aliphatic carbocycles. The maximum absolute atomic E-state index is 12.3. The van der Waals surface area contributed by atoms with E-state index in [0.29, 0.717) is 28.3 Å². The summed E-state index contributed by atoms with van der Waals surface area (Å²) in [5.41, 5.74) is 1.84. The third-order valence-corrected chi connectivity index (χ3v) is 4.47. The largest absolute Gasteiger partial charge is 0.507 e. The van der Waals surface area contributed by atoms with Gasteiger partial charge in [-0.1, -0.05) is 12.1 Å². The van der Waals surface area contributed by atoms with Crippen LogP contribution in [0, 0.1) is 11.3 Å². The maximum Gasteiger partial charge on any atom is 0.310 e. The SMILES string of the molecule is COc1cc(CC(=O)OC/C(O)=C(/C#N)c2nc3ccccc3[nH]2)cc(OC)c1OC. The van der Waals surface area contributed by atoms with Crippen LogP contribution in [0.4, 0.5) is 0 Å². The molecule has 0 aliphatic heterocycles. The van der Waals surface area contributed by atoms with E-state index in [1.165, 1.54) is 21.3 Å². The average molecular weight is 423 g/mol. The van der Waals surface area contributed by atoms with E-state index in [-0.39, 0.29) is 17.8 Å². The van der Waals surface area contributed by atoms with Crippen molar-refractivity contribution >= 4 is 22.6 Å². The van der Waals surface area contributed by atoms with E-state index >= 15 is 0 Å². The summed E-state index contributed by atoms with van der Waals surface area (Å²) in [6, 6.07) is 12.4. The number of hydrogen-bond donors (Lipinski definition) is 2. The number of esters is 1. The molecule has 0 unspecified atom stereocenters. The van der Waals surface area contributed by atoms with Crippen molar-refractivity contribution in [2.24, 2.45) is 0 Å². The average Bonchev–Trinajstić information content (AvgIpc) is 3.21. The molecule has 0 atom stereocenters. The predicted molar refractivity (Wildman–Crippen MR) is 112 cm³/mol. The lowest BCUT2D eigenvalue weighted by Gasteiger charge is -2.14. The highest BCUT2D eigenvalue weighted by molar-refractivity contribution is 5.83. The molecule has 31 heavy (non-hydrogen) atoms. The number of nitrogens with one attached hydrogen (secondary N) is 1. The van der Waals surface area contributed by atoms with E-state index in [2.05, 4.69) is 9.97 Å². The van der Waals surface area contributed by atoms with E-state index < -0.39 is 18.3 Å². The van der Waals surface area contributed by atoms with Gasteiger partial charge in [0.05, 0.1) is 38.8 Å². The van der Waals surface area contributed by atoms with E-state index in [4.69, 9.17) is 18.9 Å². The highest BCUT2D eigenvalue weighted by atomic mass is 16.5. The standard InChI is InChI=1S/C22H21N3O6/c1-28-18-8-13(9-19(29-2)21(18)30-3)10-20(27)31-12-17(26)14(11-23)22-24-15-6-4-5-7-16(15)25-22/h4-9,26H,10,12H2,1-3H3,(H,24,25)/b17-14+. The summed E-state index contributed by atoms with van der Waals surface area (Å²) in [7, 11) is 4.44. The van der Waals surface area contributed by atoms with Crippen LogP contribution >= 0.6 is 0 Å². The number of benzene rings is 2. The maximum atomic E-state index is 12.3. The van der Waals surface area contributed by atoms with Crippen molar-refractivity contribution in [3.63, 3.8) is 0 Å². The zero-order chi connectivity index (χ0) is 22.4. The van der Waals surface area contributed by atoms with Crippen LogP contribution in [-0.4, -0.2) is 49.0 Å². The summed E-state index contributed by atoms with van der Waals surface area (Å²) in [6.45, 7) is -0.469. The molecule has 2 N–H and O–H groups in total. The van der Waals surface area contributed by atoms with E-state index in [1.807, 2.05) is 18.2 Å². The van der Waals surface area contributed by atoms with Crippen molar-refractivity contribution in [1.29, 1.82) is 5.26 Å². The molecule has 0 bridgehead atoms. The van der Waals surface area contributed by atoms with Gasteiger partial charge in [-0.15, -0.1) is 0 Å². The molecule has 1 aromatic heterocycles. The number of aromatic amines is 1. The van der Waals surface area contributed by atoms with E-state index in [9.17, 15) is 15.2 Å². The Morgan fingerprint density at radius 2 is 1.81 bits per heavy atom. The number of ether oxygens (including phenoxy) is 4. The molecule has 9 nitrogen and oxygen atoms in total. The first-order valence-corrected chi connectivity index (χ1v) is 9.22. The Bertz CT molecular complexity index is 1120. The van der Waals surface area contributed by atoms with Crippen LogP contribution in [0.2, 0.25) is 0 Å². The number of carbonyl (C=O) groups excluding carboxylic acids is 1. The Morgan fingerprint density at radius 1 is 1.13 bits per heavy atom. The second-order valence-corrected chi connectivity index (χ2v) is 6.41. The third kappa shape index (κ3) is 4.70. The van der Waals surface area contributed by atoms with Crippen LogP contribution in [0.15, 0.2) is 42.2 Å². The molecule has 1 heterocycles.